The van der Waals surface area contributed by atoms with E-state index in [-0.39, 0.29) is 5.69 Å². The fourth-order valence-electron chi connectivity index (χ4n) is 1.69. The number of nitrogens with zero attached hydrogens (tertiary/aromatic N) is 4. The van der Waals surface area contributed by atoms with E-state index in [0.29, 0.717) is 12.4 Å². The van der Waals surface area contributed by atoms with Gasteiger partial charge in [0.2, 0.25) is 0 Å². The first-order chi connectivity index (χ1) is 8.60. The van der Waals surface area contributed by atoms with Crippen LogP contribution in [0.4, 0.5) is 5.82 Å². The second-order valence-electron chi connectivity index (χ2n) is 4.05. The Balaban J connectivity index is 2.31. The topological polar surface area (TPSA) is 72.7 Å². The molecule has 0 aliphatic heterocycles. The Kier molecular flexibility index (Phi) is 3.36. The van der Waals surface area contributed by atoms with Crippen LogP contribution in [0.1, 0.15) is 17.1 Å². The van der Waals surface area contributed by atoms with E-state index >= 15 is 0 Å². The minimum atomic E-state index is -0.257. The van der Waals surface area contributed by atoms with Crippen LogP contribution in [0.2, 0.25) is 0 Å². The van der Waals surface area contributed by atoms with Crippen molar-refractivity contribution in [1.29, 1.82) is 0 Å². The molecular formula is C12H15N5O. The van der Waals surface area contributed by atoms with E-state index in [4.69, 9.17) is 0 Å². The van der Waals surface area contributed by atoms with Crippen molar-refractivity contribution in [2.24, 2.45) is 0 Å². The van der Waals surface area contributed by atoms with E-state index in [1.807, 2.05) is 13.0 Å². The van der Waals surface area contributed by atoms with Crippen molar-refractivity contribution >= 4 is 5.82 Å². The molecule has 6 nitrogen and oxygen atoms in total. The lowest BCUT2D eigenvalue weighted by molar-refractivity contribution is 0.678. The molecule has 6 heteroatoms. The Hall–Kier alpha value is -2.24. The molecule has 1 N–H and O–H groups in total. The van der Waals surface area contributed by atoms with Gasteiger partial charge in [0, 0.05) is 18.4 Å². The molecule has 0 saturated carbocycles. The van der Waals surface area contributed by atoms with Crippen molar-refractivity contribution in [3.63, 3.8) is 0 Å². The molecule has 0 bridgehead atoms. The summed E-state index contributed by atoms with van der Waals surface area (Å²) < 4.78 is 1.58. The van der Waals surface area contributed by atoms with Gasteiger partial charge in [-0.1, -0.05) is 0 Å². The molecule has 0 atom stereocenters. The third-order valence-corrected chi connectivity index (χ3v) is 2.63. The second-order valence-corrected chi connectivity index (χ2v) is 4.05. The summed E-state index contributed by atoms with van der Waals surface area (Å²) in [5, 5.41) is 2.89. The Morgan fingerprint density at radius 3 is 2.61 bits per heavy atom. The lowest BCUT2D eigenvalue weighted by atomic mass is 10.3. The number of anilines is 1. The van der Waals surface area contributed by atoms with Gasteiger partial charge in [0.15, 0.2) is 0 Å². The number of aromatic nitrogens is 4. The van der Waals surface area contributed by atoms with Gasteiger partial charge in [0.25, 0.3) is 0 Å². The molecule has 18 heavy (non-hydrogen) atoms. The molecule has 0 spiro atoms. The highest BCUT2D eigenvalue weighted by atomic mass is 16.1. The quantitative estimate of drug-likeness (QED) is 0.863. The average Bonchev–Trinajstić information content (AvgIpc) is 2.34. The summed E-state index contributed by atoms with van der Waals surface area (Å²) in [6.45, 7) is 4.07. The molecular weight excluding hydrogens is 230 g/mol. The number of aryl methyl sites for hydroxylation is 2. The molecule has 0 fully saturated rings. The van der Waals surface area contributed by atoms with Crippen LogP contribution in [0.5, 0.6) is 0 Å². The van der Waals surface area contributed by atoms with Crippen molar-refractivity contribution < 1.29 is 0 Å². The zero-order chi connectivity index (χ0) is 13.1. The summed E-state index contributed by atoms with van der Waals surface area (Å²) >= 11 is 0. The van der Waals surface area contributed by atoms with Gasteiger partial charge in [0.1, 0.15) is 5.82 Å². The van der Waals surface area contributed by atoms with Crippen molar-refractivity contribution in [2.45, 2.75) is 20.4 Å². The first-order valence-corrected chi connectivity index (χ1v) is 5.64. The van der Waals surface area contributed by atoms with Crippen molar-refractivity contribution in [1.82, 2.24) is 19.5 Å². The standard InChI is InChI=1S/C12H15N5O/c1-8-4-9(2)17(12(18)16-8)7-10-5-15-11(13-3)6-14-10/h4-6H,7H2,1-3H3,(H,13,15). The molecule has 0 aliphatic carbocycles. The highest BCUT2D eigenvalue weighted by molar-refractivity contribution is 5.29. The summed E-state index contributed by atoms with van der Waals surface area (Å²) in [6.07, 6.45) is 3.29. The minimum Gasteiger partial charge on any atom is -0.372 e. The molecule has 0 saturated heterocycles. The van der Waals surface area contributed by atoms with Gasteiger partial charge in [-0.15, -0.1) is 0 Å². The molecule has 0 unspecified atom stereocenters. The summed E-state index contributed by atoms with van der Waals surface area (Å²) in [5.41, 5.74) is 2.06. The Labute approximate surface area is 105 Å². The molecule has 0 radical (unpaired) electrons. The third kappa shape index (κ3) is 2.53. The van der Waals surface area contributed by atoms with Gasteiger partial charge in [-0.25, -0.2) is 9.78 Å². The maximum Gasteiger partial charge on any atom is 0.348 e. The monoisotopic (exact) mass is 245 g/mol. The van der Waals surface area contributed by atoms with Crippen LogP contribution in [0, 0.1) is 13.8 Å². The summed E-state index contributed by atoms with van der Waals surface area (Å²) in [7, 11) is 1.78. The fraction of sp³-hybridized carbons (Fsp3) is 0.333. The van der Waals surface area contributed by atoms with Gasteiger partial charge in [-0.3, -0.25) is 9.55 Å². The zero-order valence-electron chi connectivity index (χ0n) is 10.6. The van der Waals surface area contributed by atoms with Crippen molar-refractivity contribution in [3.8, 4) is 0 Å². The molecule has 94 valence electrons. The highest BCUT2D eigenvalue weighted by Crippen LogP contribution is 2.03. The Morgan fingerprint density at radius 2 is 2.06 bits per heavy atom. The van der Waals surface area contributed by atoms with Crippen LogP contribution in [-0.2, 0) is 6.54 Å². The van der Waals surface area contributed by atoms with E-state index in [0.717, 1.165) is 17.1 Å². The SMILES string of the molecule is CNc1cnc(Cn2c(C)cc(C)nc2=O)cn1. The maximum absolute atomic E-state index is 11.8. The predicted octanol–water partition coefficient (Wildman–Crippen LogP) is 0.740. The summed E-state index contributed by atoms with van der Waals surface area (Å²) in [6, 6.07) is 1.87. The molecule has 0 aromatic carbocycles. The van der Waals surface area contributed by atoms with Crippen molar-refractivity contribution in [3.05, 3.63) is 46.0 Å². The molecule has 2 rings (SSSR count). The molecule has 0 amide bonds. The number of hydrogen-bond acceptors (Lipinski definition) is 5. The van der Waals surface area contributed by atoms with E-state index in [1.165, 1.54) is 0 Å². The summed E-state index contributed by atoms with van der Waals surface area (Å²) in [4.78, 5) is 24.1. The average molecular weight is 245 g/mol. The van der Waals surface area contributed by atoms with E-state index in [9.17, 15) is 4.79 Å². The number of rotatable bonds is 3. The molecule has 2 heterocycles. The highest BCUT2D eigenvalue weighted by Gasteiger charge is 2.05. The molecule has 0 aliphatic rings. The van der Waals surface area contributed by atoms with Crippen LogP contribution in [-0.4, -0.2) is 26.6 Å². The second kappa shape index (κ2) is 4.95. The van der Waals surface area contributed by atoms with E-state index in [2.05, 4.69) is 20.3 Å². The Morgan fingerprint density at radius 1 is 1.28 bits per heavy atom. The zero-order valence-corrected chi connectivity index (χ0v) is 10.6. The maximum atomic E-state index is 11.8. The van der Waals surface area contributed by atoms with Gasteiger partial charge in [0.05, 0.1) is 24.6 Å². The van der Waals surface area contributed by atoms with Crippen LogP contribution >= 0.6 is 0 Å². The smallest absolute Gasteiger partial charge is 0.348 e. The largest absolute Gasteiger partial charge is 0.372 e. The lowest BCUT2D eigenvalue weighted by Crippen LogP contribution is -2.26. The van der Waals surface area contributed by atoms with Crippen LogP contribution in [0.15, 0.2) is 23.3 Å². The van der Waals surface area contributed by atoms with E-state index < -0.39 is 0 Å². The molecule has 2 aromatic heterocycles. The predicted molar refractivity (Wildman–Crippen MR) is 68.7 cm³/mol. The number of nitrogens with one attached hydrogen (secondary N) is 1. The van der Waals surface area contributed by atoms with E-state index in [1.54, 1.807) is 30.9 Å². The third-order valence-electron chi connectivity index (χ3n) is 2.63. The minimum absolute atomic E-state index is 0.257. The van der Waals surface area contributed by atoms with Gasteiger partial charge in [-0.2, -0.15) is 4.98 Å². The summed E-state index contributed by atoms with van der Waals surface area (Å²) in [5.74, 6) is 0.699. The van der Waals surface area contributed by atoms with Crippen LogP contribution in [0.25, 0.3) is 0 Å². The molecule has 2 aromatic rings. The number of hydrogen-bond donors (Lipinski definition) is 1. The van der Waals surface area contributed by atoms with Crippen LogP contribution < -0.4 is 11.0 Å². The van der Waals surface area contributed by atoms with Gasteiger partial charge in [-0.05, 0) is 19.9 Å². The first kappa shape index (κ1) is 12.2. The van der Waals surface area contributed by atoms with Crippen molar-refractivity contribution in [2.75, 3.05) is 12.4 Å². The Bertz CT molecular complexity index is 603. The fourth-order valence-corrected chi connectivity index (χ4v) is 1.69. The van der Waals surface area contributed by atoms with Gasteiger partial charge >= 0.3 is 5.69 Å². The lowest BCUT2D eigenvalue weighted by Gasteiger charge is -2.09. The van der Waals surface area contributed by atoms with Gasteiger partial charge < -0.3 is 5.32 Å². The van der Waals surface area contributed by atoms with Crippen LogP contribution in [0.3, 0.4) is 0 Å². The first-order valence-electron chi connectivity index (χ1n) is 5.64. The normalized spacial score (nSPS) is 10.4.